The standard InChI is InChI=1S/C23H18BrClN6OS/c1-15(16-2-6-19(25)7-3-16)27-28-21(32)14-33-23-30-29-22(17-10-12-26-13-11-17)31(23)20-8-4-18(24)5-9-20/h2-13H,14H2,1H3,(H,28,32). The van der Waals surface area contributed by atoms with Crippen LogP contribution >= 0.6 is 39.3 Å². The first kappa shape index (κ1) is 23.2. The molecule has 2 aromatic heterocycles. The van der Waals surface area contributed by atoms with Crippen LogP contribution in [0.25, 0.3) is 17.1 Å². The van der Waals surface area contributed by atoms with Crippen LogP contribution in [0.15, 0.2) is 87.8 Å². The zero-order valence-corrected chi connectivity index (χ0v) is 20.6. The van der Waals surface area contributed by atoms with Crippen molar-refractivity contribution in [1.82, 2.24) is 25.2 Å². The van der Waals surface area contributed by atoms with Gasteiger partial charge < -0.3 is 0 Å². The Morgan fingerprint density at radius 2 is 1.76 bits per heavy atom. The Balaban J connectivity index is 1.51. The van der Waals surface area contributed by atoms with Crippen LogP contribution in [0.5, 0.6) is 0 Å². The largest absolute Gasteiger partial charge is 0.272 e. The molecule has 0 aliphatic carbocycles. The average molecular weight is 542 g/mol. The lowest BCUT2D eigenvalue weighted by Crippen LogP contribution is -2.21. The molecule has 10 heteroatoms. The summed E-state index contributed by atoms with van der Waals surface area (Å²) in [7, 11) is 0. The van der Waals surface area contributed by atoms with Crippen LogP contribution in [0.4, 0.5) is 0 Å². The van der Waals surface area contributed by atoms with E-state index in [4.69, 9.17) is 11.6 Å². The highest BCUT2D eigenvalue weighted by molar-refractivity contribution is 9.10. The maximum absolute atomic E-state index is 12.4. The smallest absolute Gasteiger partial charge is 0.250 e. The number of halogens is 2. The lowest BCUT2D eigenvalue weighted by atomic mass is 10.1. The minimum absolute atomic E-state index is 0.127. The molecule has 2 heterocycles. The molecule has 0 radical (unpaired) electrons. The van der Waals surface area contributed by atoms with E-state index in [2.05, 4.69) is 41.6 Å². The predicted octanol–water partition coefficient (Wildman–Crippen LogP) is 5.38. The van der Waals surface area contributed by atoms with Gasteiger partial charge >= 0.3 is 0 Å². The van der Waals surface area contributed by atoms with Crippen molar-refractivity contribution in [3.63, 3.8) is 0 Å². The van der Waals surface area contributed by atoms with Gasteiger partial charge in [0.15, 0.2) is 11.0 Å². The van der Waals surface area contributed by atoms with Crippen molar-refractivity contribution in [2.75, 3.05) is 5.75 Å². The quantitative estimate of drug-likeness (QED) is 0.193. The van der Waals surface area contributed by atoms with Crippen molar-refractivity contribution in [2.24, 2.45) is 5.10 Å². The van der Waals surface area contributed by atoms with Crippen molar-refractivity contribution in [3.8, 4) is 17.1 Å². The Kier molecular flexibility index (Phi) is 7.54. The molecule has 0 bridgehead atoms. The number of hydrazone groups is 1. The Morgan fingerprint density at radius 3 is 2.45 bits per heavy atom. The zero-order valence-electron chi connectivity index (χ0n) is 17.4. The molecule has 0 saturated heterocycles. The van der Waals surface area contributed by atoms with Crippen LogP contribution in [-0.4, -0.2) is 37.1 Å². The van der Waals surface area contributed by atoms with E-state index in [1.807, 2.05) is 60.0 Å². The van der Waals surface area contributed by atoms with Crippen LogP contribution in [0.3, 0.4) is 0 Å². The maximum Gasteiger partial charge on any atom is 0.250 e. The van der Waals surface area contributed by atoms with Gasteiger partial charge in [-0.15, -0.1) is 10.2 Å². The van der Waals surface area contributed by atoms with Gasteiger partial charge in [0.1, 0.15) is 0 Å². The molecule has 0 aliphatic rings. The molecular weight excluding hydrogens is 524 g/mol. The first-order valence-electron chi connectivity index (χ1n) is 9.85. The summed E-state index contributed by atoms with van der Waals surface area (Å²) in [6, 6.07) is 18.8. The minimum Gasteiger partial charge on any atom is -0.272 e. The second-order valence-electron chi connectivity index (χ2n) is 6.88. The normalized spacial score (nSPS) is 11.4. The van der Waals surface area contributed by atoms with Gasteiger partial charge in [0.05, 0.1) is 11.5 Å². The summed E-state index contributed by atoms with van der Waals surface area (Å²) < 4.78 is 2.88. The Labute approximate surface area is 208 Å². The third-order valence-electron chi connectivity index (χ3n) is 4.60. The van der Waals surface area contributed by atoms with Crippen LogP contribution in [0.2, 0.25) is 5.02 Å². The molecule has 1 amide bonds. The number of nitrogens with zero attached hydrogens (tertiary/aromatic N) is 5. The number of hydrogen-bond donors (Lipinski definition) is 1. The Bertz CT molecular complexity index is 1280. The molecule has 0 spiro atoms. The van der Waals surface area contributed by atoms with Crippen molar-refractivity contribution >= 4 is 50.9 Å². The number of carbonyl (C=O) groups is 1. The lowest BCUT2D eigenvalue weighted by Gasteiger charge is -2.10. The third kappa shape index (κ3) is 5.87. The minimum atomic E-state index is -0.246. The highest BCUT2D eigenvalue weighted by atomic mass is 79.9. The fourth-order valence-electron chi connectivity index (χ4n) is 2.94. The molecule has 0 saturated carbocycles. The number of amides is 1. The molecule has 0 fully saturated rings. The van der Waals surface area contributed by atoms with Crippen LogP contribution < -0.4 is 5.43 Å². The fraction of sp³-hybridized carbons (Fsp3) is 0.0870. The highest BCUT2D eigenvalue weighted by Crippen LogP contribution is 2.28. The monoisotopic (exact) mass is 540 g/mol. The molecule has 2 aromatic carbocycles. The summed E-state index contributed by atoms with van der Waals surface area (Å²) in [6.07, 6.45) is 3.41. The SMILES string of the molecule is CC(=NNC(=O)CSc1nnc(-c2ccncc2)n1-c1ccc(Br)cc1)c1ccc(Cl)cc1. The lowest BCUT2D eigenvalue weighted by molar-refractivity contribution is -0.118. The summed E-state index contributed by atoms with van der Waals surface area (Å²) in [5.41, 5.74) is 5.92. The fourth-order valence-corrected chi connectivity index (χ4v) is 4.07. The van der Waals surface area contributed by atoms with Gasteiger partial charge in [-0.1, -0.05) is 51.4 Å². The first-order valence-corrected chi connectivity index (χ1v) is 12.0. The topological polar surface area (TPSA) is 85.1 Å². The van der Waals surface area contributed by atoms with E-state index in [9.17, 15) is 4.79 Å². The molecule has 0 aliphatic heterocycles. The summed E-state index contributed by atoms with van der Waals surface area (Å²) in [5.74, 6) is 0.547. The third-order valence-corrected chi connectivity index (χ3v) is 6.31. The van der Waals surface area contributed by atoms with Gasteiger partial charge in [-0.05, 0) is 61.0 Å². The van der Waals surface area contributed by atoms with Gasteiger partial charge in [0.2, 0.25) is 0 Å². The molecule has 166 valence electrons. The summed E-state index contributed by atoms with van der Waals surface area (Å²) >= 11 is 10.7. The predicted molar refractivity (Wildman–Crippen MR) is 135 cm³/mol. The molecule has 1 N–H and O–H groups in total. The van der Waals surface area contributed by atoms with E-state index in [1.165, 1.54) is 11.8 Å². The summed E-state index contributed by atoms with van der Waals surface area (Å²) in [4.78, 5) is 16.5. The van der Waals surface area contributed by atoms with Crippen molar-refractivity contribution in [3.05, 3.63) is 88.1 Å². The number of carbonyl (C=O) groups excluding carboxylic acids is 1. The molecule has 4 aromatic rings. The van der Waals surface area contributed by atoms with Gasteiger partial charge in [0.25, 0.3) is 5.91 Å². The molecule has 4 rings (SSSR count). The van der Waals surface area contributed by atoms with E-state index < -0.39 is 0 Å². The molecule has 33 heavy (non-hydrogen) atoms. The number of thioether (sulfide) groups is 1. The molecule has 0 unspecified atom stereocenters. The number of hydrogen-bond acceptors (Lipinski definition) is 6. The summed E-state index contributed by atoms with van der Waals surface area (Å²) in [5, 5.41) is 14.1. The number of pyridine rings is 1. The van der Waals surface area contributed by atoms with Crippen LogP contribution in [0, 0.1) is 0 Å². The van der Waals surface area contributed by atoms with Gasteiger partial charge in [-0.2, -0.15) is 5.10 Å². The van der Waals surface area contributed by atoms with E-state index in [1.54, 1.807) is 24.5 Å². The van der Waals surface area contributed by atoms with Crippen molar-refractivity contribution in [2.45, 2.75) is 12.1 Å². The first-order chi connectivity index (χ1) is 16.0. The number of benzene rings is 2. The van der Waals surface area contributed by atoms with E-state index in [-0.39, 0.29) is 11.7 Å². The van der Waals surface area contributed by atoms with Crippen LogP contribution in [0.1, 0.15) is 12.5 Å². The zero-order chi connectivity index (χ0) is 23.2. The number of nitrogens with one attached hydrogen (secondary N) is 1. The second-order valence-corrected chi connectivity index (χ2v) is 9.18. The van der Waals surface area contributed by atoms with Crippen molar-refractivity contribution in [1.29, 1.82) is 0 Å². The molecule has 0 atom stereocenters. The second kappa shape index (κ2) is 10.7. The summed E-state index contributed by atoms with van der Waals surface area (Å²) in [6.45, 7) is 1.82. The van der Waals surface area contributed by atoms with E-state index in [0.717, 1.165) is 21.3 Å². The van der Waals surface area contributed by atoms with Gasteiger partial charge in [0, 0.05) is 33.1 Å². The van der Waals surface area contributed by atoms with E-state index in [0.29, 0.717) is 21.7 Å². The highest BCUT2D eigenvalue weighted by Gasteiger charge is 2.17. The number of rotatable bonds is 7. The molecule has 7 nitrogen and oxygen atoms in total. The maximum atomic E-state index is 12.4. The van der Waals surface area contributed by atoms with Gasteiger partial charge in [-0.25, -0.2) is 5.43 Å². The van der Waals surface area contributed by atoms with Crippen LogP contribution in [-0.2, 0) is 4.79 Å². The van der Waals surface area contributed by atoms with Gasteiger partial charge in [-0.3, -0.25) is 14.3 Å². The number of aromatic nitrogens is 4. The Morgan fingerprint density at radius 1 is 1.06 bits per heavy atom. The Hall–Kier alpha value is -3.01. The molecular formula is C23H18BrClN6OS. The van der Waals surface area contributed by atoms with Crippen molar-refractivity contribution < 1.29 is 4.79 Å². The average Bonchev–Trinajstić information content (AvgIpc) is 3.26. The van der Waals surface area contributed by atoms with E-state index >= 15 is 0 Å².